The molecule has 222 valence electrons. The van der Waals surface area contributed by atoms with Crippen LogP contribution in [0.1, 0.15) is 87.0 Å². The molecule has 0 aromatic rings. The predicted octanol–water partition coefficient (Wildman–Crippen LogP) is 5.98. The van der Waals surface area contributed by atoms with E-state index in [9.17, 15) is 9.59 Å². The Balaban J connectivity index is 0.000000552. The molecular formula is C32H50N4O4. The quantitative estimate of drug-likeness (QED) is 0.175. The number of amides is 2. The molecule has 0 aromatic carbocycles. The van der Waals surface area contributed by atoms with Gasteiger partial charge < -0.3 is 20.9 Å². The number of nitrogens with zero attached hydrogens (tertiary/aromatic N) is 2. The number of hydrogen-bond acceptors (Lipinski definition) is 6. The SMILES string of the molecule is C=CC1=C(C=C)OC(C)(C)CC1.CC/C=C(CN1C(=O)CC(CC)(CC)N=C1N)/C(=C\C=C(/C)C(N)=O)OCC. The molecule has 2 amide bonds. The lowest BCUT2D eigenvalue weighted by Crippen LogP contribution is -2.52. The summed E-state index contributed by atoms with van der Waals surface area (Å²) in [5.74, 6) is 1.17. The van der Waals surface area contributed by atoms with E-state index in [4.69, 9.17) is 20.9 Å². The van der Waals surface area contributed by atoms with Crippen LogP contribution in [0.5, 0.6) is 0 Å². The fourth-order valence-electron chi connectivity index (χ4n) is 4.37. The molecule has 8 nitrogen and oxygen atoms in total. The summed E-state index contributed by atoms with van der Waals surface area (Å²) in [5, 5.41) is 0. The van der Waals surface area contributed by atoms with Gasteiger partial charge in [0.15, 0.2) is 5.96 Å². The van der Waals surface area contributed by atoms with E-state index in [1.54, 1.807) is 25.2 Å². The van der Waals surface area contributed by atoms with Crippen molar-refractivity contribution < 1.29 is 19.1 Å². The minimum absolute atomic E-state index is 0.0436. The zero-order chi connectivity index (χ0) is 30.5. The molecule has 2 heterocycles. The van der Waals surface area contributed by atoms with E-state index in [2.05, 4.69) is 32.0 Å². The van der Waals surface area contributed by atoms with Crippen LogP contribution in [-0.4, -0.2) is 47.0 Å². The van der Waals surface area contributed by atoms with Gasteiger partial charge in [-0.3, -0.25) is 14.5 Å². The summed E-state index contributed by atoms with van der Waals surface area (Å²) < 4.78 is 11.5. The van der Waals surface area contributed by atoms with E-state index >= 15 is 0 Å². The van der Waals surface area contributed by atoms with Crippen molar-refractivity contribution in [3.8, 4) is 0 Å². The highest BCUT2D eigenvalue weighted by Gasteiger charge is 2.37. The first-order valence-electron chi connectivity index (χ1n) is 14.2. The van der Waals surface area contributed by atoms with Crippen LogP contribution in [0, 0.1) is 0 Å². The van der Waals surface area contributed by atoms with Gasteiger partial charge in [0, 0.05) is 11.1 Å². The van der Waals surface area contributed by atoms with Crippen LogP contribution in [0.4, 0.5) is 0 Å². The molecule has 0 fully saturated rings. The molecule has 0 bridgehead atoms. The lowest BCUT2D eigenvalue weighted by atomic mass is 9.88. The van der Waals surface area contributed by atoms with Crippen LogP contribution < -0.4 is 11.5 Å². The van der Waals surface area contributed by atoms with Crippen molar-refractivity contribution >= 4 is 17.8 Å². The lowest BCUT2D eigenvalue weighted by Gasteiger charge is -2.36. The summed E-state index contributed by atoms with van der Waals surface area (Å²) >= 11 is 0. The minimum Gasteiger partial charge on any atom is -0.494 e. The highest BCUT2D eigenvalue weighted by molar-refractivity contribution is 5.99. The standard InChI is InChI=1S/C21H34N4O3.C11H16O/c1-6-10-16(17(28-9-4)12-11-15(5)19(22)27)14-25-18(26)13-21(7-2,8-3)24-20(25)23;1-5-9-7-8-11(3,4)12-10(9)6-2/h10-12H,6-9,13-14H2,1-5H3,(H2,22,27)(H2,23,24);5-6H,1-2,7-8H2,3-4H3/b15-11+,16-10+,17-12+;. The van der Waals surface area contributed by atoms with Gasteiger partial charge in [-0.1, -0.05) is 52.2 Å². The number of ether oxygens (including phenoxy) is 2. The van der Waals surface area contributed by atoms with Crippen LogP contribution in [0.25, 0.3) is 0 Å². The second-order valence-corrected chi connectivity index (χ2v) is 10.5. The number of carbonyl (C=O) groups excluding carboxylic acids is 2. The lowest BCUT2D eigenvalue weighted by molar-refractivity contribution is -0.129. The highest BCUT2D eigenvalue weighted by Crippen LogP contribution is 2.32. The minimum atomic E-state index is -0.494. The van der Waals surface area contributed by atoms with Crippen LogP contribution in [0.3, 0.4) is 0 Å². The largest absolute Gasteiger partial charge is 0.494 e. The monoisotopic (exact) mass is 554 g/mol. The van der Waals surface area contributed by atoms with Crippen molar-refractivity contribution in [2.75, 3.05) is 13.2 Å². The van der Waals surface area contributed by atoms with E-state index in [1.165, 1.54) is 10.5 Å². The number of rotatable bonds is 12. The summed E-state index contributed by atoms with van der Waals surface area (Å²) in [6.45, 7) is 21.9. The number of allylic oxidation sites excluding steroid dienone is 6. The maximum absolute atomic E-state index is 12.8. The Hall–Kier alpha value is -3.55. The smallest absolute Gasteiger partial charge is 0.244 e. The number of aliphatic imine (C=N–C) groups is 1. The van der Waals surface area contributed by atoms with Crippen molar-refractivity contribution in [2.24, 2.45) is 16.5 Å². The van der Waals surface area contributed by atoms with Gasteiger partial charge >= 0.3 is 0 Å². The predicted molar refractivity (Wildman–Crippen MR) is 164 cm³/mol. The molecule has 0 saturated heterocycles. The molecule has 8 heteroatoms. The van der Waals surface area contributed by atoms with Crippen molar-refractivity contribution in [1.82, 2.24) is 4.90 Å². The second kappa shape index (κ2) is 15.9. The third-order valence-corrected chi connectivity index (χ3v) is 7.13. The first kappa shape index (κ1) is 34.5. The van der Waals surface area contributed by atoms with E-state index in [0.29, 0.717) is 24.4 Å². The maximum atomic E-state index is 12.8. The molecule has 0 radical (unpaired) electrons. The Labute approximate surface area is 241 Å². The van der Waals surface area contributed by atoms with Gasteiger partial charge in [0.05, 0.1) is 25.1 Å². The van der Waals surface area contributed by atoms with Crippen LogP contribution in [-0.2, 0) is 19.1 Å². The Kier molecular flexibility index (Phi) is 13.7. The van der Waals surface area contributed by atoms with Gasteiger partial charge in [0.1, 0.15) is 17.1 Å². The summed E-state index contributed by atoms with van der Waals surface area (Å²) in [4.78, 5) is 30.2. The van der Waals surface area contributed by atoms with E-state index in [1.807, 2.05) is 39.8 Å². The molecule has 0 unspecified atom stereocenters. The Morgan fingerprint density at radius 1 is 1.15 bits per heavy atom. The molecule has 40 heavy (non-hydrogen) atoms. The zero-order valence-corrected chi connectivity index (χ0v) is 25.6. The first-order chi connectivity index (χ1) is 18.8. The van der Waals surface area contributed by atoms with Crippen molar-refractivity contribution in [3.63, 3.8) is 0 Å². The normalized spacial score (nSPS) is 19.2. The van der Waals surface area contributed by atoms with Crippen LogP contribution in [0.15, 0.2) is 76.8 Å². The van der Waals surface area contributed by atoms with Crippen molar-refractivity contribution in [2.45, 2.75) is 98.1 Å². The fraction of sp³-hybridized carbons (Fsp3) is 0.531. The van der Waals surface area contributed by atoms with Gasteiger partial charge in [-0.15, -0.1) is 0 Å². The number of carbonyl (C=O) groups is 2. The van der Waals surface area contributed by atoms with Gasteiger partial charge in [0.2, 0.25) is 11.8 Å². The van der Waals surface area contributed by atoms with Crippen LogP contribution >= 0.6 is 0 Å². The van der Waals surface area contributed by atoms with E-state index < -0.39 is 11.4 Å². The molecule has 4 N–H and O–H groups in total. The Morgan fingerprint density at radius 2 is 1.80 bits per heavy atom. The number of nitrogens with two attached hydrogens (primary N) is 2. The highest BCUT2D eigenvalue weighted by atomic mass is 16.5. The molecule has 2 rings (SSSR count). The summed E-state index contributed by atoms with van der Waals surface area (Å²) in [6.07, 6.45) is 13.6. The maximum Gasteiger partial charge on any atom is 0.244 e. The zero-order valence-electron chi connectivity index (χ0n) is 25.6. The molecule has 0 aromatic heterocycles. The molecule has 0 spiro atoms. The molecule has 0 atom stereocenters. The van der Waals surface area contributed by atoms with Gasteiger partial charge in [-0.2, -0.15) is 0 Å². The molecule has 0 aliphatic carbocycles. The van der Waals surface area contributed by atoms with Gasteiger partial charge in [-0.05, 0) is 77.5 Å². The average molecular weight is 555 g/mol. The molecule has 2 aliphatic heterocycles. The third-order valence-electron chi connectivity index (χ3n) is 7.13. The van der Waals surface area contributed by atoms with Gasteiger partial charge in [-0.25, -0.2) is 4.99 Å². The second-order valence-electron chi connectivity index (χ2n) is 10.5. The van der Waals surface area contributed by atoms with Crippen LogP contribution in [0.2, 0.25) is 0 Å². The topological polar surface area (TPSA) is 120 Å². The Morgan fingerprint density at radius 3 is 2.27 bits per heavy atom. The van der Waals surface area contributed by atoms with E-state index in [-0.39, 0.29) is 24.0 Å². The number of primary amides is 1. The number of guanidine groups is 1. The van der Waals surface area contributed by atoms with Crippen molar-refractivity contribution in [1.29, 1.82) is 0 Å². The van der Waals surface area contributed by atoms with Gasteiger partial charge in [0.25, 0.3) is 0 Å². The third kappa shape index (κ3) is 9.88. The molecular weight excluding hydrogens is 504 g/mol. The number of hydrogen-bond donors (Lipinski definition) is 2. The average Bonchev–Trinajstić information content (AvgIpc) is 2.91. The fourth-order valence-corrected chi connectivity index (χ4v) is 4.37. The Bertz CT molecular complexity index is 1090. The molecule has 0 saturated carbocycles. The summed E-state index contributed by atoms with van der Waals surface area (Å²) in [5.41, 5.74) is 13.4. The summed E-state index contributed by atoms with van der Waals surface area (Å²) in [6, 6.07) is 0. The molecule has 2 aliphatic rings. The summed E-state index contributed by atoms with van der Waals surface area (Å²) in [7, 11) is 0. The first-order valence-corrected chi connectivity index (χ1v) is 14.2. The van der Waals surface area contributed by atoms with E-state index in [0.717, 1.165) is 43.4 Å². The van der Waals surface area contributed by atoms with Crippen molar-refractivity contribution in [3.05, 3.63) is 71.8 Å².